The van der Waals surface area contributed by atoms with Crippen molar-refractivity contribution in [1.29, 1.82) is 0 Å². The molecule has 0 bridgehead atoms. The summed E-state index contributed by atoms with van der Waals surface area (Å²) in [6, 6.07) is 9.90. The molecule has 0 heterocycles. The number of carbonyl (C=O) groups is 1. The number of aromatic carboxylic acids is 1. The molecular formula is C14H11BrO5S. The number of ether oxygens (including phenoxy) is 1. The monoisotopic (exact) mass is 370 g/mol. The Balaban J connectivity index is 2.66. The van der Waals surface area contributed by atoms with Gasteiger partial charge in [0.1, 0.15) is 5.75 Å². The van der Waals surface area contributed by atoms with Crippen LogP contribution in [0.1, 0.15) is 10.4 Å². The predicted octanol–water partition coefficient (Wildman–Crippen LogP) is 2.99. The average molecular weight is 371 g/mol. The maximum Gasteiger partial charge on any atom is 0.337 e. The highest BCUT2D eigenvalue weighted by Gasteiger charge is 2.25. The summed E-state index contributed by atoms with van der Waals surface area (Å²) < 4.78 is 30.7. The SMILES string of the molecule is COc1cccc(S(=O)(=O)c2ccc(Br)cc2C(=O)O)c1. The van der Waals surface area contributed by atoms with Crippen LogP contribution in [0, 0.1) is 0 Å². The number of hydrogen-bond acceptors (Lipinski definition) is 4. The van der Waals surface area contributed by atoms with Gasteiger partial charge in [0.25, 0.3) is 0 Å². The van der Waals surface area contributed by atoms with Crippen LogP contribution in [0.5, 0.6) is 5.75 Å². The van der Waals surface area contributed by atoms with Crippen molar-refractivity contribution in [2.75, 3.05) is 7.11 Å². The van der Waals surface area contributed by atoms with Crippen LogP contribution in [0.3, 0.4) is 0 Å². The van der Waals surface area contributed by atoms with Crippen molar-refractivity contribution < 1.29 is 23.1 Å². The Kier molecular flexibility index (Phi) is 4.34. The number of rotatable bonds is 4. The van der Waals surface area contributed by atoms with Gasteiger partial charge in [-0.05, 0) is 36.4 Å². The lowest BCUT2D eigenvalue weighted by Gasteiger charge is -2.09. The van der Waals surface area contributed by atoms with Gasteiger partial charge in [-0.25, -0.2) is 13.2 Å². The first-order valence-electron chi connectivity index (χ1n) is 5.78. The fourth-order valence-electron chi connectivity index (χ4n) is 1.80. The zero-order valence-electron chi connectivity index (χ0n) is 10.9. The van der Waals surface area contributed by atoms with Crippen molar-refractivity contribution in [1.82, 2.24) is 0 Å². The Hall–Kier alpha value is -1.86. The Bertz CT molecular complexity index is 799. The van der Waals surface area contributed by atoms with E-state index in [1.165, 1.54) is 43.5 Å². The maximum atomic E-state index is 12.6. The molecule has 2 rings (SSSR count). The highest BCUT2D eigenvalue weighted by molar-refractivity contribution is 9.10. The molecule has 0 aliphatic carbocycles. The van der Waals surface area contributed by atoms with Crippen molar-refractivity contribution in [3.8, 4) is 5.75 Å². The summed E-state index contributed by atoms with van der Waals surface area (Å²) in [5.74, 6) is -0.928. The van der Waals surface area contributed by atoms with E-state index in [4.69, 9.17) is 4.74 Å². The van der Waals surface area contributed by atoms with Crippen molar-refractivity contribution in [3.05, 3.63) is 52.5 Å². The molecule has 110 valence electrons. The summed E-state index contributed by atoms with van der Waals surface area (Å²) in [7, 11) is -2.52. The van der Waals surface area contributed by atoms with Gasteiger partial charge in [-0.3, -0.25) is 0 Å². The maximum absolute atomic E-state index is 12.6. The third kappa shape index (κ3) is 3.08. The molecule has 0 spiro atoms. The smallest absolute Gasteiger partial charge is 0.337 e. The zero-order chi connectivity index (χ0) is 15.6. The summed E-state index contributed by atoms with van der Waals surface area (Å²) in [5.41, 5.74) is -0.285. The molecule has 0 fully saturated rings. The van der Waals surface area contributed by atoms with E-state index < -0.39 is 15.8 Å². The van der Waals surface area contributed by atoms with Crippen LogP contribution in [0.2, 0.25) is 0 Å². The average Bonchev–Trinajstić information content (AvgIpc) is 2.46. The second kappa shape index (κ2) is 5.87. The predicted molar refractivity (Wildman–Crippen MR) is 79.5 cm³/mol. The Morgan fingerprint density at radius 1 is 1.19 bits per heavy atom. The molecule has 21 heavy (non-hydrogen) atoms. The van der Waals surface area contributed by atoms with Gasteiger partial charge in [0.05, 0.1) is 22.5 Å². The molecule has 7 heteroatoms. The lowest BCUT2D eigenvalue weighted by molar-refractivity contribution is 0.0692. The summed E-state index contributed by atoms with van der Waals surface area (Å²) in [5, 5.41) is 9.19. The molecule has 0 saturated heterocycles. The van der Waals surface area contributed by atoms with E-state index >= 15 is 0 Å². The van der Waals surface area contributed by atoms with Crippen LogP contribution in [0.4, 0.5) is 0 Å². The van der Waals surface area contributed by atoms with Crippen LogP contribution in [-0.2, 0) is 9.84 Å². The number of benzene rings is 2. The summed E-state index contributed by atoms with van der Waals surface area (Å²) in [6.45, 7) is 0. The molecule has 0 amide bonds. The third-order valence-electron chi connectivity index (χ3n) is 2.81. The third-order valence-corrected chi connectivity index (χ3v) is 5.12. The molecule has 0 aliphatic rings. The fourth-order valence-corrected chi connectivity index (χ4v) is 3.63. The van der Waals surface area contributed by atoms with Crippen molar-refractivity contribution in [2.45, 2.75) is 9.79 Å². The number of sulfone groups is 1. The molecule has 2 aromatic carbocycles. The summed E-state index contributed by atoms with van der Waals surface area (Å²) in [6.07, 6.45) is 0. The molecule has 0 saturated carbocycles. The molecule has 1 N–H and O–H groups in total. The van der Waals surface area contributed by atoms with E-state index in [1.54, 1.807) is 6.07 Å². The Labute approximate surface area is 130 Å². The van der Waals surface area contributed by atoms with E-state index in [0.29, 0.717) is 10.2 Å². The van der Waals surface area contributed by atoms with Gasteiger partial charge in [-0.15, -0.1) is 0 Å². The van der Waals surface area contributed by atoms with Crippen LogP contribution in [0.25, 0.3) is 0 Å². The lowest BCUT2D eigenvalue weighted by atomic mass is 10.2. The van der Waals surface area contributed by atoms with Crippen LogP contribution >= 0.6 is 15.9 Å². The molecule has 0 aromatic heterocycles. The first kappa shape index (κ1) is 15.5. The van der Waals surface area contributed by atoms with E-state index in [-0.39, 0.29) is 15.4 Å². The van der Waals surface area contributed by atoms with Crippen molar-refractivity contribution >= 4 is 31.7 Å². The molecule has 0 aliphatic heterocycles. The quantitative estimate of drug-likeness (QED) is 0.894. The molecule has 0 radical (unpaired) electrons. The second-order valence-electron chi connectivity index (χ2n) is 4.13. The van der Waals surface area contributed by atoms with Gasteiger partial charge >= 0.3 is 5.97 Å². The standard InChI is InChI=1S/C14H11BrO5S/c1-20-10-3-2-4-11(8-10)21(18,19)13-6-5-9(15)7-12(13)14(16)17/h2-8H,1H3,(H,16,17). The van der Waals surface area contributed by atoms with E-state index in [0.717, 1.165) is 0 Å². The number of carboxylic acids is 1. The normalized spacial score (nSPS) is 11.1. The molecule has 5 nitrogen and oxygen atoms in total. The van der Waals surface area contributed by atoms with Gasteiger partial charge in [-0.1, -0.05) is 22.0 Å². The highest BCUT2D eigenvalue weighted by atomic mass is 79.9. The number of methoxy groups -OCH3 is 1. The summed E-state index contributed by atoms with van der Waals surface area (Å²) in [4.78, 5) is 11.0. The van der Waals surface area contributed by atoms with Crippen molar-refractivity contribution in [2.24, 2.45) is 0 Å². The Morgan fingerprint density at radius 2 is 1.90 bits per heavy atom. The zero-order valence-corrected chi connectivity index (χ0v) is 13.3. The molecule has 0 atom stereocenters. The van der Waals surface area contributed by atoms with Gasteiger partial charge < -0.3 is 9.84 Å². The number of carboxylic acid groups (broad SMARTS) is 1. The van der Waals surface area contributed by atoms with Gasteiger partial charge in [0.2, 0.25) is 9.84 Å². The van der Waals surface area contributed by atoms with E-state index in [2.05, 4.69) is 15.9 Å². The molecular weight excluding hydrogens is 360 g/mol. The topological polar surface area (TPSA) is 80.7 Å². The largest absolute Gasteiger partial charge is 0.497 e. The first-order valence-corrected chi connectivity index (χ1v) is 8.06. The van der Waals surface area contributed by atoms with E-state index in [9.17, 15) is 18.3 Å². The minimum absolute atomic E-state index is 0.0216. The number of halogens is 1. The highest BCUT2D eigenvalue weighted by Crippen LogP contribution is 2.28. The first-order chi connectivity index (χ1) is 9.86. The van der Waals surface area contributed by atoms with E-state index in [1.807, 2.05) is 0 Å². The van der Waals surface area contributed by atoms with Crippen molar-refractivity contribution in [3.63, 3.8) is 0 Å². The van der Waals surface area contributed by atoms with Gasteiger partial charge in [0, 0.05) is 4.47 Å². The van der Waals surface area contributed by atoms with Gasteiger partial charge in [0.15, 0.2) is 0 Å². The minimum atomic E-state index is -3.95. The van der Waals surface area contributed by atoms with Crippen LogP contribution < -0.4 is 4.74 Å². The number of hydrogen-bond donors (Lipinski definition) is 1. The molecule has 2 aromatic rings. The molecule has 0 unspecified atom stereocenters. The summed E-state index contributed by atoms with van der Waals surface area (Å²) >= 11 is 3.13. The van der Waals surface area contributed by atoms with Gasteiger partial charge in [-0.2, -0.15) is 0 Å². The minimum Gasteiger partial charge on any atom is -0.497 e. The lowest BCUT2D eigenvalue weighted by Crippen LogP contribution is -2.09. The van der Waals surface area contributed by atoms with Crippen LogP contribution in [0.15, 0.2) is 56.7 Å². The second-order valence-corrected chi connectivity index (χ2v) is 6.96. The van der Waals surface area contributed by atoms with Crippen LogP contribution in [-0.4, -0.2) is 26.6 Å². The fraction of sp³-hybridized carbons (Fsp3) is 0.0714. The Morgan fingerprint density at radius 3 is 2.52 bits per heavy atom.